The van der Waals surface area contributed by atoms with Crippen molar-refractivity contribution in [2.24, 2.45) is 0 Å². The third-order valence-electron chi connectivity index (χ3n) is 3.84. The zero-order chi connectivity index (χ0) is 16.9. The quantitative estimate of drug-likeness (QED) is 0.441. The average molecular weight is 330 g/mol. The minimum atomic E-state index is 0.655. The molecule has 0 aliphatic heterocycles. The number of hydrogen-bond acceptors (Lipinski definition) is 2. The molecule has 0 amide bonds. The second-order valence-electron chi connectivity index (χ2n) is 5.46. The van der Waals surface area contributed by atoms with Crippen molar-refractivity contribution in [3.05, 3.63) is 65.7 Å². The Morgan fingerprint density at radius 2 is 1.61 bits per heavy atom. The van der Waals surface area contributed by atoms with Crippen molar-refractivity contribution in [1.82, 2.24) is 4.72 Å². The molecule has 2 heteroatoms. The fourth-order valence-electron chi connectivity index (χ4n) is 2.24. The normalized spacial score (nSPS) is 11.5. The molecule has 2 aromatic carbocycles. The summed E-state index contributed by atoms with van der Waals surface area (Å²) in [5, 5.41) is 0. The van der Waals surface area contributed by atoms with Gasteiger partial charge in [0.25, 0.3) is 0 Å². The molecular formula is C21H31NS. The molecule has 1 unspecified atom stereocenters. The van der Waals surface area contributed by atoms with E-state index in [4.69, 9.17) is 0 Å². The molecule has 126 valence electrons. The monoisotopic (exact) mass is 329 g/mol. The second-order valence-corrected chi connectivity index (χ2v) is 6.43. The van der Waals surface area contributed by atoms with Crippen LogP contribution in [0.3, 0.4) is 0 Å². The topological polar surface area (TPSA) is 12.0 Å². The van der Waals surface area contributed by atoms with Gasteiger partial charge in [-0.05, 0) is 60.4 Å². The first kappa shape index (κ1) is 19.8. The largest absolute Gasteiger partial charge is 0.260 e. The summed E-state index contributed by atoms with van der Waals surface area (Å²) >= 11 is 1.73. The molecule has 0 aliphatic rings. The summed E-state index contributed by atoms with van der Waals surface area (Å²) in [7, 11) is 0. The molecule has 0 saturated carbocycles. The molecule has 1 nitrogen and oxygen atoms in total. The standard InChI is InChI=1S/C19H25NS.C2H6/c1-3-16(2)18-11-13-19(14-12-18)21-20-15-7-10-17-8-5-4-6-9-17;1-2/h4-6,8-9,11-14,16,20H,3,7,10,15H2,1-2H3;1-2H3. The van der Waals surface area contributed by atoms with Gasteiger partial charge in [-0.2, -0.15) is 0 Å². The van der Waals surface area contributed by atoms with E-state index in [2.05, 4.69) is 73.2 Å². The molecule has 0 fully saturated rings. The highest BCUT2D eigenvalue weighted by Gasteiger charge is 2.02. The number of rotatable bonds is 8. The first-order valence-electron chi connectivity index (χ1n) is 8.83. The molecule has 0 saturated heterocycles. The van der Waals surface area contributed by atoms with E-state index >= 15 is 0 Å². The lowest BCUT2D eigenvalue weighted by Crippen LogP contribution is -2.06. The molecular weight excluding hydrogens is 298 g/mol. The number of hydrogen-bond donors (Lipinski definition) is 1. The van der Waals surface area contributed by atoms with E-state index in [-0.39, 0.29) is 0 Å². The fraction of sp³-hybridized carbons (Fsp3) is 0.429. The summed E-state index contributed by atoms with van der Waals surface area (Å²) in [6.07, 6.45) is 3.51. The molecule has 2 aromatic rings. The van der Waals surface area contributed by atoms with Gasteiger partial charge in [-0.3, -0.25) is 4.72 Å². The van der Waals surface area contributed by atoms with Gasteiger partial charge in [0.05, 0.1) is 0 Å². The van der Waals surface area contributed by atoms with Gasteiger partial charge in [0.1, 0.15) is 0 Å². The maximum absolute atomic E-state index is 3.45. The Kier molecular flexibility index (Phi) is 10.5. The van der Waals surface area contributed by atoms with Crippen LogP contribution in [-0.4, -0.2) is 6.54 Å². The van der Waals surface area contributed by atoms with Gasteiger partial charge in [0.15, 0.2) is 0 Å². The molecule has 1 atom stereocenters. The maximum atomic E-state index is 3.45. The van der Waals surface area contributed by atoms with Gasteiger partial charge in [-0.15, -0.1) is 0 Å². The van der Waals surface area contributed by atoms with Gasteiger partial charge in [0, 0.05) is 11.4 Å². The predicted octanol–water partition coefficient (Wildman–Crippen LogP) is 6.46. The fourth-order valence-corrected chi connectivity index (χ4v) is 2.93. The van der Waals surface area contributed by atoms with Gasteiger partial charge >= 0.3 is 0 Å². The minimum absolute atomic E-state index is 0.655. The Bertz CT molecular complexity index is 507. The smallest absolute Gasteiger partial charge is 0.0228 e. The molecule has 0 aromatic heterocycles. The molecule has 0 bridgehead atoms. The van der Waals surface area contributed by atoms with E-state index in [9.17, 15) is 0 Å². The van der Waals surface area contributed by atoms with Crippen LogP contribution in [-0.2, 0) is 6.42 Å². The van der Waals surface area contributed by atoms with Gasteiger partial charge < -0.3 is 0 Å². The Balaban J connectivity index is 0.00000127. The predicted molar refractivity (Wildman–Crippen MR) is 105 cm³/mol. The Morgan fingerprint density at radius 3 is 2.22 bits per heavy atom. The van der Waals surface area contributed by atoms with Crippen molar-refractivity contribution in [1.29, 1.82) is 0 Å². The lowest BCUT2D eigenvalue weighted by atomic mass is 9.99. The van der Waals surface area contributed by atoms with E-state index in [0.717, 1.165) is 13.0 Å². The van der Waals surface area contributed by atoms with Crippen LogP contribution in [0.2, 0.25) is 0 Å². The molecule has 0 heterocycles. The van der Waals surface area contributed by atoms with Crippen molar-refractivity contribution < 1.29 is 0 Å². The van der Waals surface area contributed by atoms with Crippen LogP contribution in [0.4, 0.5) is 0 Å². The van der Waals surface area contributed by atoms with Crippen LogP contribution >= 0.6 is 11.9 Å². The summed E-state index contributed by atoms with van der Waals surface area (Å²) in [6, 6.07) is 19.6. The summed E-state index contributed by atoms with van der Waals surface area (Å²) in [5.41, 5.74) is 2.85. The van der Waals surface area contributed by atoms with Crippen molar-refractivity contribution >= 4 is 11.9 Å². The highest BCUT2D eigenvalue weighted by Crippen LogP contribution is 2.22. The van der Waals surface area contributed by atoms with Crippen molar-refractivity contribution in [2.45, 2.75) is 57.8 Å². The molecule has 2 rings (SSSR count). The molecule has 23 heavy (non-hydrogen) atoms. The summed E-state index contributed by atoms with van der Waals surface area (Å²) in [5.74, 6) is 0.655. The number of nitrogens with one attached hydrogen (secondary N) is 1. The van der Waals surface area contributed by atoms with Crippen LogP contribution in [0.5, 0.6) is 0 Å². The summed E-state index contributed by atoms with van der Waals surface area (Å²) in [6.45, 7) is 9.55. The highest BCUT2D eigenvalue weighted by atomic mass is 32.2. The van der Waals surface area contributed by atoms with Crippen molar-refractivity contribution in [3.63, 3.8) is 0 Å². The Hall–Kier alpha value is -1.25. The molecule has 0 radical (unpaired) electrons. The zero-order valence-corrected chi connectivity index (χ0v) is 15.8. The maximum Gasteiger partial charge on any atom is 0.0228 e. The van der Waals surface area contributed by atoms with E-state index in [1.165, 1.54) is 28.9 Å². The van der Waals surface area contributed by atoms with E-state index in [1.54, 1.807) is 11.9 Å². The minimum Gasteiger partial charge on any atom is -0.260 e. The SMILES string of the molecule is CC.CCC(C)c1ccc(SNCCCc2ccccc2)cc1. The van der Waals surface area contributed by atoms with E-state index < -0.39 is 0 Å². The van der Waals surface area contributed by atoms with Crippen LogP contribution in [0.15, 0.2) is 59.5 Å². The summed E-state index contributed by atoms with van der Waals surface area (Å²) in [4.78, 5) is 1.29. The molecule has 0 spiro atoms. The zero-order valence-electron chi connectivity index (χ0n) is 15.0. The highest BCUT2D eigenvalue weighted by molar-refractivity contribution is 7.97. The lowest BCUT2D eigenvalue weighted by molar-refractivity contribution is 0.733. The number of aryl methyl sites for hydroxylation is 1. The average Bonchev–Trinajstić information content (AvgIpc) is 2.64. The van der Waals surface area contributed by atoms with Gasteiger partial charge in [0.2, 0.25) is 0 Å². The van der Waals surface area contributed by atoms with E-state index in [0.29, 0.717) is 5.92 Å². The van der Waals surface area contributed by atoms with Crippen LogP contribution in [0.25, 0.3) is 0 Å². The first-order valence-corrected chi connectivity index (χ1v) is 9.65. The lowest BCUT2D eigenvalue weighted by Gasteiger charge is -2.10. The molecule has 1 N–H and O–H groups in total. The third-order valence-corrected chi connectivity index (χ3v) is 4.69. The van der Waals surface area contributed by atoms with Gasteiger partial charge in [-0.25, -0.2) is 0 Å². The Labute approximate surface area is 147 Å². The first-order chi connectivity index (χ1) is 11.3. The van der Waals surface area contributed by atoms with Crippen LogP contribution < -0.4 is 4.72 Å². The van der Waals surface area contributed by atoms with Crippen LogP contribution in [0, 0.1) is 0 Å². The molecule has 0 aliphatic carbocycles. The van der Waals surface area contributed by atoms with Gasteiger partial charge in [-0.1, -0.05) is 70.2 Å². The summed E-state index contributed by atoms with van der Waals surface area (Å²) < 4.78 is 3.45. The second kappa shape index (κ2) is 12.2. The number of benzene rings is 2. The Morgan fingerprint density at radius 1 is 0.957 bits per heavy atom. The van der Waals surface area contributed by atoms with Crippen molar-refractivity contribution in [3.8, 4) is 0 Å². The third kappa shape index (κ3) is 7.71. The van der Waals surface area contributed by atoms with Crippen LogP contribution in [0.1, 0.15) is 57.6 Å². The van der Waals surface area contributed by atoms with E-state index in [1.807, 2.05) is 13.8 Å². The van der Waals surface area contributed by atoms with Crippen molar-refractivity contribution in [2.75, 3.05) is 6.54 Å².